The van der Waals surface area contributed by atoms with Gasteiger partial charge in [-0.15, -0.1) is 0 Å². The Hall–Kier alpha value is -2.41. The van der Waals surface area contributed by atoms with Crippen molar-refractivity contribution in [3.8, 4) is 0 Å². The van der Waals surface area contributed by atoms with Crippen molar-refractivity contribution in [3.05, 3.63) is 35.4 Å². The van der Waals surface area contributed by atoms with E-state index < -0.39 is 23.9 Å². The predicted octanol–water partition coefficient (Wildman–Crippen LogP) is 0.126. The molecule has 3 amide bonds. The molecular formula is C14H17N3O4. The summed E-state index contributed by atoms with van der Waals surface area (Å²) in [5, 5.41) is 13.9. The third-order valence-corrected chi connectivity index (χ3v) is 3.44. The minimum Gasteiger partial charge on any atom is -0.480 e. The molecule has 0 radical (unpaired) electrons. The van der Waals surface area contributed by atoms with Gasteiger partial charge in [-0.05, 0) is 17.5 Å². The zero-order valence-corrected chi connectivity index (χ0v) is 11.6. The second kappa shape index (κ2) is 6.36. The molecule has 0 spiro atoms. The molecule has 1 heterocycles. The number of carbonyl (C=O) groups excluding carboxylic acids is 2. The number of carboxylic acids is 1. The SMILES string of the molecule is CNC(=O)NC(=O)CN1CCc2ccccc2C1C(=O)O. The maximum absolute atomic E-state index is 11.8. The Balaban J connectivity index is 2.15. The van der Waals surface area contributed by atoms with Crippen LogP contribution in [0.4, 0.5) is 4.79 Å². The molecule has 0 bridgehead atoms. The molecule has 112 valence electrons. The summed E-state index contributed by atoms with van der Waals surface area (Å²) in [6.45, 7) is 0.313. The van der Waals surface area contributed by atoms with E-state index in [2.05, 4.69) is 10.6 Å². The Morgan fingerprint density at radius 1 is 1.33 bits per heavy atom. The van der Waals surface area contributed by atoms with Crippen LogP contribution >= 0.6 is 0 Å². The van der Waals surface area contributed by atoms with Crippen molar-refractivity contribution in [2.24, 2.45) is 0 Å². The van der Waals surface area contributed by atoms with Gasteiger partial charge in [-0.1, -0.05) is 24.3 Å². The number of urea groups is 1. The van der Waals surface area contributed by atoms with Crippen LogP contribution < -0.4 is 10.6 Å². The van der Waals surface area contributed by atoms with Crippen LogP contribution in [0.25, 0.3) is 0 Å². The van der Waals surface area contributed by atoms with Gasteiger partial charge in [0.15, 0.2) is 0 Å². The Labute approximate surface area is 121 Å². The van der Waals surface area contributed by atoms with Crippen LogP contribution in [-0.4, -0.2) is 48.1 Å². The monoisotopic (exact) mass is 291 g/mol. The lowest BCUT2D eigenvalue weighted by atomic mass is 9.92. The van der Waals surface area contributed by atoms with Crippen molar-refractivity contribution in [2.45, 2.75) is 12.5 Å². The fourth-order valence-corrected chi connectivity index (χ4v) is 2.49. The number of carbonyl (C=O) groups is 3. The summed E-state index contributed by atoms with van der Waals surface area (Å²) in [5.74, 6) is -1.53. The summed E-state index contributed by atoms with van der Waals surface area (Å²) in [7, 11) is 1.40. The summed E-state index contributed by atoms with van der Waals surface area (Å²) in [6.07, 6.45) is 0.674. The number of carboxylic acid groups (broad SMARTS) is 1. The lowest BCUT2D eigenvalue weighted by Crippen LogP contribution is -2.47. The highest BCUT2D eigenvalue weighted by molar-refractivity contribution is 5.95. The number of hydrogen-bond donors (Lipinski definition) is 3. The smallest absolute Gasteiger partial charge is 0.325 e. The van der Waals surface area contributed by atoms with Crippen LogP contribution in [0.15, 0.2) is 24.3 Å². The van der Waals surface area contributed by atoms with Crippen molar-refractivity contribution in [3.63, 3.8) is 0 Å². The van der Waals surface area contributed by atoms with E-state index in [0.717, 1.165) is 5.56 Å². The first-order valence-corrected chi connectivity index (χ1v) is 6.59. The number of benzene rings is 1. The topological polar surface area (TPSA) is 98.7 Å². The number of imide groups is 1. The number of aliphatic carboxylic acids is 1. The van der Waals surface area contributed by atoms with Gasteiger partial charge in [0.25, 0.3) is 0 Å². The Kier molecular flexibility index (Phi) is 4.54. The molecule has 0 aromatic heterocycles. The minimum absolute atomic E-state index is 0.140. The number of nitrogens with one attached hydrogen (secondary N) is 2. The van der Waals surface area contributed by atoms with Crippen LogP contribution in [0.5, 0.6) is 0 Å². The number of hydrogen-bond acceptors (Lipinski definition) is 4. The highest BCUT2D eigenvalue weighted by Gasteiger charge is 2.33. The van der Waals surface area contributed by atoms with E-state index >= 15 is 0 Å². The zero-order chi connectivity index (χ0) is 15.4. The normalized spacial score (nSPS) is 17.7. The van der Waals surface area contributed by atoms with Gasteiger partial charge in [-0.25, -0.2) is 4.79 Å². The number of nitrogens with zero attached hydrogens (tertiary/aromatic N) is 1. The summed E-state index contributed by atoms with van der Waals surface area (Å²) < 4.78 is 0. The molecule has 1 aliphatic heterocycles. The summed E-state index contributed by atoms with van der Waals surface area (Å²) in [5.41, 5.74) is 1.68. The van der Waals surface area contributed by atoms with Gasteiger partial charge in [0.1, 0.15) is 6.04 Å². The molecule has 1 atom stereocenters. The third-order valence-electron chi connectivity index (χ3n) is 3.44. The minimum atomic E-state index is -1.00. The maximum Gasteiger partial charge on any atom is 0.325 e. The van der Waals surface area contributed by atoms with E-state index in [-0.39, 0.29) is 6.54 Å². The first-order valence-electron chi connectivity index (χ1n) is 6.59. The molecule has 0 saturated carbocycles. The fourth-order valence-electron chi connectivity index (χ4n) is 2.49. The summed E-state index contributed by atoms with van der Waals surface area (Å²) >= 11 is 0. The quantitative estimate of drug-likeness (QED) is 0.735. The average Bonchev–Trinajstić information content (AvgIpc) is 2.46. The van der Waals surface area contributed by atoms with Gasteiger partial charge in [0, 0.05) is 13.6 Å². The molecule has 0 aliphatic carbocycles. The molecule has 1 unspecified atom stereocenters. The Morgan fingerprint density at radius 2 is 2.05 bits per heavy atom. The lowest BCUT2D eigenvalue weighted by Gasteiger charge is -2.34. The third kappa shape index (κ3) is 3.38. The van der Waals surface area contributed by atoms with E-state index in [4.69, 9.17) is 0 Å². The lowest BCUT2D eigenvalue weighted by molar-refractivity contribution is -0.144. The van der Waals surface area contributed by atoms with E-state index in [1.807, 2.05) is 12.1 Å². The molecule has 0 saturated heterocycles. The van der Waals surface area contributed by atoms with E-state index in [1.54, 1.807) is 17.0 Å². The van der Waals surface area contributed by atoms with Crippen molar-refractivity contribution in [1.82, 2.24) is 15.5 Å². The zero-order valence-electron chi connectivity index (χ0n) is 11.6. The average molecular weight is 291 g/mol. The van der Waals surface area contributed by atoms with E-state index in [9.17, 15) is 19.5 Å². The largest absolute Gasteiger partial charge is 0.480 e. The molecule has 7 heteroatoms. The molecule has 3 N–H and O–H groups in total. The predicted molar refractivity (Wildman–Crippen MR) is 74.7 cm³/mol. The number of rotatable bonds is 3. The molecule has 1 aliphatic rings. The molecular weight excluding hydrogens is 274 g/mol. The fraction of sp³-hybridized carbons (Fsp3) is 0.357. The Morgan fingerprint density at radius 3 is 2.71 bits per heavy atom. The number of amides is 3. The maximum atomic E-state index is 11.8. The van der Waals surface area contributed by atoms with Crippen LogP contribution in [-0.2, 0) is 16.0 Å². The van der Waals surface area contributed by atoms with Crippen LogP contribution in [0.2, 0.25) is 0 Å². The van der Waals surface area contributed by atoms with Crippen LogP contribution in [0.1, 0.15) is 17.2 Å². The van der Waals surface area contributed by atoms with Gasteiger partial charge in [0.05, 0.1) is 6.54 Å². The van der Waals surface area contributed by atoms with Gasteiger partial charge in [0.2, 0.25) is 5.91 Å². The second-order valence-electron chi connectivity index (χ2n) is 4.79. The first kappa shape index (κ1) is 15.0. The molecule has 2 rings (SSSR count). The van der Waals surface area contributed by atoms with E-state index in [1.165, 1.54) is 7.05 Å². The molecule has 21 heavy (non-hydrogen) atoms. The Bertz CT molecular complexity index is 573. The molecule has 0 fully saturated rings. The van der Waals surface area contributed by atoms with Crippen molar-refractivity contribution >= 4 is 17.9 Å². The second-order valence-corrected chi connectivity index (χ2v) is 4.79. The number of fused-ring (bicyclic) bond motifs is 1. The van der Waals surface area contributed by atoms with Gasteiger partial charge >= 0.3 is 12.0 Å². The van der Waals surface area contributed by atoms with Crippen LogP contribution in [0, 0.1) is 0 Å². The molecule has 1 aromatic carbocycles. The molecule has 7 nitrogen and oxygen atoms in total. The van der Waals surface area contributed by atoms with Gasteiger partial charge in [-0.3, -0.25) is 19.8 Å². The first-order chi connectivity index (χ1) is 10.0. The van der Waals surface area contributed by atoms with Crippen molar-refractivity contribution in [2.75, 3.05) is 20.1 Å². The van der Waals surface area contributed by atoms with Gasteiger partial charge in [-0.2, -0.15) is 0 Å². The summed E-state index contributed by atoms with van der Waals surface area (Å²) in [6, 6.07) is 5.83. The highest BCUT2D eigenvalue weighted by atomic mass is 16.4. The molecule has 1 aromatic rings. The van der Waals surface area contributed by atoms with Crippen LogP contribution in [0.3, 0.4) is 0 Å². The summed E-state index contributed by atoms with van der Waals surface area (Å²) in [4.78, 5) is 35.9. The van der Waals surface area contributed by atoms with Crippen molar-refractivity contribution in [1.29, 1.82) is 0 Å². The van der Waals surface area contributed by atoms with Crippen molar-refractivity contribution < 1.29 is 19.5 Å². The van der Waals surface area contributed by atoms with E-state index in [0.29, 0.717) is 18.5 Å². The highest BCUT2D eigenvalue weighted by Crippen LogP contribution is 2.29. The standard InChI is InChI=1S/C14H17N3O4/c1-15-14(21)16-11(18)8-17-7-6-9-4-2-3-5-10(9)12(17)13(19)20/h2-5,12H,6-8H2,1H3,(H,19,20)(H2,15,16,18,21). The van der Waals surface area contributed by atoms with Gasteiger partial charge < -0.3 is 10.4 Å².